The van der Waals surface area contributed by atoms with Gasteiger partial charge in [0.1, 0.15) is 0 Å². The highest BCUT2D eigenvalue weighted by Gasteiger charge is 2.17. The molecular formula is C10H22O2. The van der Waals surface area contributed by atoms with Crippen molar-refractivity contribution < 1.29 is 9.47 Å². The lowest BCUT2D eigenvalue weighted by atomic mass is 10.1. The van der Waals surface area contributed by atoms with Crippen LogP contribution >= 0.6 is 0 Å². The summed E-state index contributed by atoms with van der Waals surface area (Å²) in [6, 6.07) is 0. The topological polar surface area (TPSA) is 18.5 Å². The van der Waals surface area contributed by atoms with Gasteiger partial charge in [0.25, 0.3) is 0 Å². The summed E-state index contributed by atoms with van der Waals surface area (Å²) in [7, 11) is 3.52. The summed E-state index contributed by atoms with van der Waals surface area (Å²) in [6.45, 7) is 4.33. The van der Waals surface area contributed by atoms with Gasteiger partial charge in [0.05, 0.1) is 12.2 Å². The molecule has 0 amide bonds. The lowest BCUT2D eigenvalue weighted by Crippen LogP contribution is -2.29. The zero-order valence-electron chi connectivity index (χ0n) is 8.80. The van der Waals surface area contributed by atoms with Crippen molar-refractivity contribution in [3.05, 3.63) is 0 Å². The van der Waals surface area contributed by atoms with Crippen LogP contribution in [0.3, 0.4) is 0 Å². The number of unbranched alkanes of at least 4 members (excludes halogenated alkanes) is 1. The van der Waals surface area contributed by atoms with Gasteiger partial charge in [0.15, 0.2) is 0 Å². The van der Waals surface area contributed by atoms with Crippen LogP contribution in [-0.2, 0) is 9.47 Å². The fourth-order valence-corrected chi connectivity index (χ4v) is 1.44. The van der Waals surface area contributed by atoms with Crippen LogP contribution in [0.25, 0.3) is 0 Å². The summed E-state index contributed by atoms with van der Waals surface area (Å²) in [5, 5.41) is 0. The predicted molar refractivity (Wildman–Crippen MR) is 51.4 cm³/mol. The van der Waals surface area contributed by atoms with Gasteiger partial charge in [0, 0.05) is 14.2 Å². The molecular weight excluding hydrogens is 152 g/mol. The first-order chi connectivity index (χ1) is 5.79. The highest BCUT2D eigenvalue weighted by atomic mass is 16.5. The van der Waals surface area contributed by atoms with E-state index in [0.717, 1.165) is 12.8 Å². The lowest BCUT2D eigenvalue weighted by Gasteiger charge is -2.23. The molecule has 0 aliphatic heterocycles. The fourth-order valence-electron chi connectivity index (χ4n) is 1.44. The Morgan fingerprint density at radius 1 is 1.00 bits per heavy atom. The number of ether oxygens (including phenoxy) is 2. The molecule has 0 aliphatic rings. The van der Waals surface area contributed by atoms with Gasteiger partial charge < -0.3 is 9.47 Å². The van der Waals surface area contributed by atoms with Crippen molar-refractivity contribution in [1.82, 2.24) is 0 Å². The minimum atomic E-state index is 0.265. The van der Waals surface area contributed by atoms with E-state index in [9.17, 15) is 0 Å². The monoisotopic (exact) mass is 174 g/mol. The Bertz CT molecular complexity index is 89.8. The van der Waals surface area contributed by atoms with Crippen molar-refractivity contribution in [3.8, 4) is 0 Å². The Balaban J connectivity index is 3.75. The number of hydrogen-bond donors (Lipinski definition) is 0. The first-order valence-electron chi connectivity index (χ1n) is 4.85. The molecule has 0 aromatic rings. The van der Waals surface area contributed by atoms with Crippen LogP contribution in [0.1, 0.15) is 39.5 Å². The highest BCUT2D eigenvalue weighted by Crippen LogP contribution is 2.13. The number of hydrogen-bond acceptors (Lipinski definition) is 2. The molecule has 0 aromatic heterocycles. The number of rotatable bonds is 7. The molecule has 0 bridgehead atoms. The first kappa shape index (κ1) is 11.9. The van der Waals surface area contributed by atoms with Gasteiger partial charge in [-0.25, -0.2) is 0 Å². The van der Waals surface area contributed by atoms with E-state index < -0.39 is 0 Å². The smallest absolute Gasteiger partial charge is 0.0832 e. The van der Waals surface area contributed by atoms with E-state index in [1.165, 1.54) is 12.8 Å². The highest BCUT2D eigenvalue weighted by molar-refractivity contribution is 4.68. The van der Waals surface area contributed by atoms with Gasteiger partial charge in [-0.3, -0.25) is 0 Å². The molecule has 0 spiro atoms. The lowest BCUT2D eigenvalue weighted by molar-refractivity contribution is -0.0416. The van der Waals surface area contributed by atoms with Crippen molar-refractivity contribution >= 4 is 0 Å². The molecule has 0 rings (SSSR count). The van der Waals surface area contributed by atoms with E-state index in [1.807, 2.05) is 0 Å². The Kier molecular flexibility index (Phi) is 7.51. The minimum Gasteiger partial charge on any atom is -0.379 e. The predicted octanol–water partition coefficient (Wildman–Crippen LogP) is 2.62. The Hall–Kier alpha value is -0.0800. The summed E-state index contributed by atoms with van der Waals surface area (Å²) < 4.78 is 10.7. The zero-order valence-corrected chi connectivity index (χ0v) is 8.80. The SMILES string of the molecule is CCCCC(OC)C(CC)OC. The van der Waals surface area contributed by atoms with Crippen molar-refractivity contribution in [2.45, 2.75) is 51.7 Å². The van der Waals surface area contributed by atoms with E-state index >= 15 is 0 Å². The molecule has 0 saturated heterocycles. The fraction of sp³-hybridized carbons (Fsp3) is 1.00. The third kappa shape index (κ3) is 4.07. The van der Waals surface area contributed by atoms with E-state index in [4.69, 9.17) is 9.47 Å². The molecule has 0 N–H and O–H groups in total. The second kappa shape index (κ2) is 7.56. The molecule has 0 aromatic carbocycles. The van der Waals surface area contributed by atoms with Crippen molar-refractivity contribution in [1.29, 1.82) is 0 Å². The van der Waals surface area contributed by atoms with E-state index in [2.05, 4.69) is 13.8 Å². The van der Waals surface area contributed by atoms with E-state index in [0.29, 0.717) is 0 Å². The van der Waals surface area contributed by atoms with Gasteiger partial charge in [-0.15, -0.1) is 0 Å². The Morgan fingerprint density at radius 2 is 1.58 bits per heavy atom. The van der Waals surface area contributed by atoms with Gasteiger partial charge in [0.2, 0.25) is 0 Å². The largest absolute Gasteiger partial charge is 0.379 e. The maximum atomic E-state index is 5.37. The summed E-state index contributed by atoms with van der Waals surface area (Å²) >= 11 is 0. The van der Waals surface area contributed by atoms with E-state index in [-0.39, 0.29) is 12.2 Å². The molecule has 2 unspecified atom stereocenters. The van der Waals surface area contributed by atoms with Gasteiger partial charge >= 0.3 is 0 Å². The minimum absolute atomic E-state index is 0.265. The molecule has 74 valence electrons. The van der Waals surface area contributed by atoms with Crippen LogP contribution in [0.5, 0.6) is 0 Å². The van der Waals surface area contributed by atoms with Gasteiger partial charge in [-0.05, 0) is 12.8 Å². The summed E-state index contributed by atoms with van der Waals surface area (Å²) in [4.78, 5) is 0. The normalized spacial score (nSPS) is 16.0. The summed E-state index contributed by atoms with van der Waals surface area (Å²) in [5.41, 5.74) is 0. The zero-order chi connectivity index (χ0) is 9.40. The molecule has 0 fully saturated rings. The van der Waals surface area contributed by atoms with Crippen LogP contribution in [0, 0.1) is 0 Å². The van der Waals surface area contributed by atoms with Gasteiger partial charge in [-0.1, -0.05) is 26.7 Å². The molecule has 2 heteroatoms. The molecule has 0 radical (unpaired) electrons. The molecule has 12 heavy (non-hydrogen) atoms. The molecule has 0 saturated carbocycles. The van der Waals surface area contributed by atoms with Crippen LogP contribution in [0.4, 0.5) is 0 Å². The molecule has 2 nitrogen and oxygen atoms in total. The summed E-state index contributed by atoms with van der Waals surface area (Å²) in [5.74, 6) is 0. The first-order valence-corrected chi connectivity index (χ1v) is 4.85. The van der Waals surface area contributed by atoms with E-state index in [1.54, 1.807) is 14.2 Å². The van der Waals surface area contributed by atoms with Crippen LogP contribution in [0.15, 0.2) is 0 Å². The standard InChI is InChI=1S/C10H22O2/c1-5-7-8-10(12-4)9(6-2)11-3/h9-10H,5-8H2,1-4H3. The third-order valence-electron chi connectivity index (χ3n) is 2.26. The maximum Gasteiger partial charge on any atom is 0.0832 e. The van der Waals surface area contributed by atoms with Crippen LogP contribution in [-0.4, -0.2) is 26.4 Å². The Morgan fingerprint density at radius 3 is 1.92 bits per heavy atom. The molecule has 2 atom stereocenters. The Labute approximate surface area is 76.3 Å². The third-order valence-corrected chi connectivity index (χ3v) is 2.26. The van der Waals surface area contributed by atoms with Gasteiger partial charge in [-0.2, -0.15) is 0 Å². The average molecular weight is 174 g/mol. The average Bonchev–Trinajstić information content (AvgIpc) is 2.12. The van der Waals surface area contributed by atoms with Crippen molar-refractivity contribution in [2.24, 2.45) is 0 Å². The van der Waals surface area contributed by atoms with Crippen LogP contribution < -0.4 is 0 Å². The molecule has 0 heterocycles. The second-order valence-corrected chi connectivity index (χ2v) is 3.10. The quantitative estimate of drug-likeness (QED) is 0.590. The molecule has 0 aliphatic carbocycles. The van der Waals surface area contributed by atoms with Crippen molar-refractivity contribution in [3.63, 3.8) is 0 Å². The number of methoxy groups -OCH3 is 2. The summed E-state index contributed by atoms with van der Waals surface area (Å²) in [6.07, 6.45) is 5.12. The van der Waals surface area contributed by atoms with Crippen LogP contribution in [0.2, 0.25) is 0 Å². The second-order valence-electron chi connectivity index (χ2n) is 3.10. The maximum absolute atomic E-state index is 5.37. The van der Waals surface area contributed by atoms with Crippen molar-refractivity contribution in [2.75, 3.05) is 14.2 Å².